The molecular formula is C14H18FNO3. The number of carbonyl (C=O) groups excluding carboxylic acids is 2. The zero-order valence-electron chi connectivity index (χ0n) is 11.3. The molecule has 0 bridgehead atoms. The Morgan fingerprint density at radius 1 is 1.32 bits per heavy atom. The molecule has 0 unspecified atom stereocenters. The van der Waals surface area contributed by atoms with Gasteiger partial charge in [-0.15, -0.1) is 0 Å². The number of hydrogen-bond acceptors (Lipinski definition) is 3. The minimum Gasteiger partial charge on any atom is -0.467 e. The predicted octanol–water partition coefficient (Wildman–Crippen LogP) is 2.14. The number of rotatable bonds is 5. The smallest absolute Gasteiger partial charge is 0.328 e. The van der Waals surface area contributed by atoms with Crippen LogP contribution in [0.1, 0.15) is 30.6 Å². The number of carbonyl (C=O) groups is 2. The van der Waals surface area contributed by atoms with Crippen LogP contribution in [0.25, 0.3) is 0 Å². The quantitative estimate of drug-likeness (QED) is 0.832. The molecule has 0 saturated heterocycles. The lowest BCUT2D eigenvalue weighted by Crippen LogP contribution is -2.45. The normalized spacial score (nSPS) is 13.5. The number of amides is 1. The van der Waals surface area contributed by atoms with Gasteiger partial charge in [-0.3, -0.25) is 4.79 Å². The number of halogens is 1. The molecule has 1 rings (SSSR count). The van der Waals surface area contributed by atoms with Gasteiger partial charge in [-0.2, -0.15) is 0 Å². The molecular weight excluding hydrogens is 249 g/mol. The van der Waals surface area contributed by atoms with E-state index in [1.165, 1.54) is 31.4 Å². The first kappa shape index (κ1) is 15.1. The summed E-state index contributed by atoms with van der Waals surface area (Å²) in [7, 11) is 1.28. The van der Waals surface area contributed by atoms with E-state index >= 15 is 0 Å². The SMILES string of the molecule is CC[C@@H](C)[C@@H](NC(=O)c1ccc(F)cc1)C(=O)OC. The first-order valence-corrected chi connectivity index (χ1v) is 6.13. The third-order valence-electron chi connectivity index (χ3n) is 3.06. The molecule has 1 aromatic carbocycles. The third kappa shape index (κ3) is 4.05. The molecule has 0 heterocycles. The Morgan fingerprint density at radius 2 is 1.89 bits per heavy atom. The number of hydrogen-bond donors (Lipinski definition) is 1. The van der Waals surface area contributed by atoms with Crippen molar-refractivity contribution in [3.8, 4) is 0 Å². The monoisotopic (exact) mass is 267 g/mol. The van der Waals surface area contributed by atoms with Crippen molar-refractivity contribution >= 4 is 11.9 Å². The fourth-order valence-corrected chi connectivity index (χ4v) is 1.62. The Labute approximate surface area is 112 Å². The van der Waals surface area contributed by atoms with Crippen molar-refractivity contribution in [1.29, 1.82) is 0 Å². The van der Waals surface area contributed by atoms with Gasteiger partial charge in [0.15, 0.2) is 0 Å². The zero-order chi connectivity index (χ0) is 14.4. The van der Waals surface area contributed by atoms with E-state index < -0.39 is 23.7 Å². The van der Waals surface area contributed by atoms with Crippen LogP contribution in [0, 0.1) is 11.7 Å². The summed E-state index contributed by atoms with van der Waals surface area (Å²) in [4.78, 5) is 23.6. The molecule has 0 aliphatic rings. The molecule has 0 saturated carbocycles. The Kier molecular flexibility index (Phi) is 5.48. The maximum Gasteiger partial charge on any atom is 0.328 e. The Bertz CT molecular complexity index is 445. The number of methoxy groups -OCH3 is 1. The molecule has 0 spiro atoms. The topological polar surface area (TPSA) is 55.4 Å². The van der Waals surface area contributed by atoms with E-state index in [4.69, 9.17) is 0 Å². The van der Waals surface area contributed by atoms with Crippen LogP contribution in [0.15, 0.2) is 24.3 Å². The Balaban J connectivity index is 2.81. The average molecular weight is 267 g/mol. The van der Waals surface area contributed by atoms with Gasteiger partial charge in [0.2, 0.25) is 0 Å². The fraction of sp³-hybridized carbons (Fsp3) is 0.429. The molecule has 2 atom stereocenters. The van der Waals surface area contributed by atoms with Crippen molar-refractivity contribution in [2.24, 2.45) is 5.92 Å². The van der Waals surface area contributed by atoms with Crippen LogP contribution in [-0.4, -0.2) is 25.0 Å². The van der Waals surface area contributed by atoms with E-state index in [-0.39, 0.29) is 5.92 Å². The summed E-state index contributed by atoms with van der Waals surface area (Å²) in [6, 6.07) is 4.44. The molecule has 0 aliphatic carbocycles. The van der Waals surface area contributed by atoms with E-state index in [0.29, 0.717) is 5.56 Å². The summed E-state index contributed by atoms with van der Waals surface area (Å²) in [5.74, 6) is -1.36. The second kappa shape index (κ2) is 6.87. The van der Waals surface area contributed by atoms with Crippen molar-refractivity contribution in [2.75, 3.05) is 7.11 Å². The van der Waals surface area contributed by atoms with E-state index in [1.807, 2.05) is 13.8 Å². The van der Waals surface area contributed by atoms with Crippen LogP contribution in [0.4, 0.5) is 4.39 Å². The van der Waals surface area contributed by atoms with Crippen LogP contribution in [-0.2, 0) is 9.53 Å². The van der Waals surface area contributed by atoms with Crippen LogP contribution in [0.5, 0.6) is 0 Å². The van der Waals surface area contributed by atoms with Gasteiger partial charge >= 0.3 is 5.97 Å². The molecule has 0 aromatic heterocycles. The second-order valence-electron chi connectivity index (χ2n) is 4.37. The number of esters is 1. The minimum atomic E-state index is -0.701. The van der Waals surface area contributed by atoms with E-state index in [1.54, 1.807) is 0 Å². The lowest BCUT2D eigenvalue weighted by molar-refractivity contribution is -0.144. The zero-order valence-corrected chi connectivity index (χ0v) is 11.3. The van der Waals surface area contributed by atoms with Gasteiger partial charge < -0.3 is 10.1 Å². The first-order valence-electron chi connectivity index (χ1n) is 6.13. The largest absolute Gasteiger partial charge is 0.467 e. The van der Waals surface area contributed by atoms with E-state index in [9.17, 15) is 14.0 Å². The molecule has 1 aromatic rings. The van der Waals surface area contributed by atoms with Crippen molar-refractivity contribution in [1.82, 2.24) is 5.32 Å². The standard InChI is InChI=1S/C14H18FNO3/c1-4-9(2)12(14(18)19-3)16-13(17)10-5-7-11(15)8-6-10/h5-9,12H,4H2,1-3H3,(H,16,17)/t9-,12-/m1/s1. The predicted molar refractivity (Wildman–Crippen MR) is 69.1 cm³/mol. The number of ether oxygens (including phenoxy) is 1. The lowest BCUT2D eigenvalue weighted by Gasteiger charge is -2.21. The summed E-state index contributed by atoms with van der Waals surface area (Å²) >= 11 is 0. The molecule has 19 heavy (non-hydrogen) atoms. The molecule has 1 N–H and O–H groups in total. The number of nitrogens with one attached hydrogen (secondary N) is 1. The van der Waals surface area contributed by atoms with Gasteiger partial charge in [0.25, 0.3) is 5.91 Å². The molecule has 4 nitrogen and oxygen atoms in total. The Hall–Kier alpha value is -1.91. The van der Waals surface area contributed by atoms with Crippen LogP contribution in [0.3, 0.4) is 0 Å². The third-order valence-corrected chi connectivity index (χ3v) is 3.06. The maximum atomic E-state index is 12.8. The molecule has 0 fully saturated rings. The highest BCUT2D eigenvalue weighted by Gasteiger charge is 2.26. The summed E-state index contributed by atoms with van der Waals surface area (Å²) in [6.07, 6.45) is 0.726. The van der Waals surface area contributed by atoms with Crippen molar-refractivity contribution < 1.29 is 18.7 Å². The number of benzene rings is 1. The van der Waals surface area contributed by atoms with Crippen molar-refractivity contribution in [3.63, 3.8) is 0 Å². The molecule has 104 valence electrons. The maximum absolute atomic E-state index is 12.8. The van der Waals surface area contributed by atoms with Gasteiger partial charge in [-0.1, -0.05) is 20.3 Å². The van der Waals surface area contributed by atoms with Crippen molar-refractivity contribution in [2.45, 2.75) is 26.3 Å². The van der Waals surface area contributed by atoms with Gasteiger partial charge in [0.05, 0.1) is 7.11 Å². The lowest BCUT2D eigenvalue weighted by atomic mass is 9.99. The summed E-state index contributed by atoms with van der Waals surface area (Å²) in [5.41, 5.74) is 0.304. The van der Waals surface area contributed by atoms with Crippen LogP contribution >= 0.6 is 0 Å². The van der Waals surface area contributed by atoms with Gasteiger partial charge in [-0.05, 0) is 30.2 Å². The van der Waals surface area contributed by atoms with Gasteiger partial charge in [-0.25, -0.2) is 9.18 Å². The fourth-order valence-electron chi connectivity index (χ4n) is 1.62. The van der Waals surface area contributed by atoms with Crippen molar-refractivity contribution in [3.05, 3.63) is 35.6 Å². The van der Waals surface area contributed by atoms with Crippen LogP contribution in [0.2, 0.25) is 0 Å². The summed E-state index contributed by atoms with van der Waals surface area (Å²) in [5, 5.41) is 2.62. The molecule has 5 heteroatoms. The van der Waals surface area contributed by atoms with E-state index in [0.717, 1.165) is 6.42 Å². The Morgan fingerprint density at radius 3 is 2.37 bits per heavy atom. The van der Waals surface area contributed by atoms with Crippen LogP contribution < -0.4 is 5.32 Å². The van der Waals surface area contributed by atoms with Gasteiger partial charge in [0, 0.05) is 5.56 Å². The first-order chi connectivity index (χ1) is 8.99. The summed E-state index contributed by atoms with van der Waals surface area (Å²) in [6.45, 7) is 3.77. The highest BCUT2D eigenvalue weighted by atomic mass is 19.1. The average Bonchev–Trinajstić information content (AvgIpc) is 2.43. The second-order valence-corrected chi connectivity index (χ2v) is 4.37. The van der Waals surface area contributed by atoms with E-state index in [2.05, 4.69) is 10.1 Å². The highest BCUT2D eigenvalue weighted by Crippen LogP contribution is 2.11. The highest BCUT2D eigenvalue weighted by molar-refractivity contribution is 5.96. The minimum absolute atomic E-state index is 0.0446. The molecule has 0 aliphatic heterocycles. The van der Waals surface area contributed by atoms with Gasteiger partial charge in [0.1, 0.15) is 11.9 Å². The summed E-state index contributed by atoms with van der Waals surface area (Å²) < 4.78 is 17.4. The molecule has 0 radical (unpaired) electrons. The molecule has 1 amide bonds.